The summed E-state index contributed by atoms with van der Waals surface area (Å²) in [4.78, 5) is 0. The fourth-order valence-corrected chi connectivity index (χ4v) is 9.41. The predicted octanol–water partition coefficient (Wildman–Crippen LogP) is 5.61. The van der Waals surface area contributed by atoms with Crippen LogP contribution in [0, 0.1) is 40.4 Å². The Kier molecular flexibility index (Phi) is 7.99. The summed E-state index contributed by atoms with van der Waals surface area (Å²) >= 11 is 0. The van der Waals surface area contributed by atoms with Crippen LogP contribution in [0.15, 0.2) is 11.6 Å². The molecule has 206 valence electrons. The fraction of sp³-hybridized carbons (Fsp3) is 0.935. The number of aliphatic hydroxyl groups excluding tert-OH is 3. The molecule has 0 aromatic rings. The van der Waals surface area contributed by atoms with Crippen LogP contribution >= 0.6 is 0 Å². The molecule has 3 N–H and O–H groups in total. The molecule has 0 radical (unpaired) electrons. The molecule has 3 saturated carbocycles. The number of rotatable bonds is 7. The maximum Gasteiger partial charge on any atom is 0.158 e. The van der Waals surface area contributed by atoms with Gasteiger partial charge in [0.05, 0.1) is 24.9 Å². The summed E-state index contributed by atoms with van der Waals surface area (Å²) in [5.74, 6) is 3.24. The van der Waals surface area contributed by atoms with Crippen LogP contribution < -0.4 is 0 Å². The van der Waals surface area contributed by atoms with Crippen molar-refractivity contribution in [2.24, 2.45) is 40.4 Å². The van der Waals surface area contributed by atoms with Crippen molar-refractivity contribution in [3.05, 3.63) is 11.6 Å². The van der Waals surface area contributed by atoms with E-state index in [4.69, 9.17) is 9.47 Å². The van der Waals surface area contributed by atoms with Crippen molar-refractivity contribution in [1.82, 2.24) is 0 Å². The van der Waals surface area contributed by atoms with E-state index in [1.807, 2.05) is 0 Å². The first kappa shape index (κ1) is 27.1. The highest BCUT2D eigenvalue weighted by molar-refractivity contribution is 5.28. The molecule has 0 aromatic heterocycles. The predicted molar refractivity (Wildman–Crippen MR) is 141 cm³/mol. The first-order chi connectivity index (χ1) is 17.2. The van der Waals surface area contributed by atoms with Gasteiger partial charge in [0, 0.05) is 6.42 Å². The molecule has 5 heteroatoms. The van der Waals surface area contributed by atoms with E-state index in [2.05, 4.69) is 33.8 Å². The van der Waals surface area contributed by atoms with E-state index in [1.165, 1.54) is 50.5 Å². The molecule has 1 aliphatic heterocycles. The lowest BCUT2D eigenvalue weighted by Crippen LogP contribution is -2.55. The van der Waals surface area contributed by atoms with E-state index in [0.717, 1.165) is 31.1 Å². The van der Waals surface area contributed by atoms with Gasteiger partial charge in [0.1, 0.15) is 6.10 Å². The molecule has 5 rings (SSSR count). The van der Waals surface area contributed by atoms with Crippen LogP contribution in [0.2, 0.25) is 0 Å². The molecule has 5 aliphatic rings. The largest absolute Gasteiger partial charge is 0.394 e. The van der Waals surface area contributed by atoms with Crippen LogP contribution in [0.25, 0.3) is 0 Å². The summed E-state index contributed by atoms with van der Waals surface area (Å²) in [6.45, 7) is 9.55. The third-order valence-corrected chi connectivity index (χ3v) is 11.6. The van der Waals surface area contributed by atoms with Gasteiger partial charge in [-0.05, 0) is 98.2 Å². The van der Waals surface area contributed by atoms with Crippen LogP contribution in [-0.4, -0.2) is 52.6 Å². The van der Waals surface area contributed by atoms with Crippen molar-refractivity contribution in [3.8, 4) is 0 Å². The lowest BCUT2D eigenvalue weighted by molar-refractivity contribution is -0.248. The number of fused-ring (bicyclic) bond motifs is 5. The third-order valence-electron chi connectivity index (χ3n) is 11.6. The molecule has 5 nitrogen and oxygen atoms in total. The Balaban J connectivity index is 1.26. The SMILES string of the molecule is CC(C)CCCC1CCC2C3C(O)C=C4CC(OC5CC[C@H](O)C(CO)O5)CCC4(C)C3CCC12C. The van der Waals surface area contributed by atoms with Gasteiger partial charge in [0.15, 0.2) is 6.29 Å². The van der Waals surface area contributed by atoms with E-state index >= 15 is 0 Å². The smallest absolute Gasteiger partial charge is 0.158 e. The van der Waals surface area contributed by atoms with Gasteiger partial charge in [-0.3, -0.25) is 0 Å². The highest BCUT2D eigenvalue weighted by atomic mass is 16.7. The van der Waals surface area contributed by atoms with Crippen LogP contribution in [-0.2, 0) is 9.47 Å². The second kappa shape index (κ2) is 10.6. The van der Waals surface area contributed by atoms with E-state index in [-0.39, 0.29) is 30.5 Å². The Morgan fingerprint density at radius 2 is 1.83 bits per heavy atom. The number of ether oxygens (including phenoxy) is 2. The van der Waals surface area contributed by atoms with Crippen LogP contribution in [0.1, 0.15) is 105 Å². The maximum atomic E-state index is 11.6. The van der Waals surface area contributed by atoms with Crippen molar-refractivity contribution >= 4 is 0 Å². The van der Waals surface area contributed by atoms with E-state index in [1.54, 1.807) is 0 Å². The minimum Gasteiger partial charge on any atom is -0.394 e. The standard InChI is InChI=1S/C31H52O5/c1-19(2)6-5-7-20-8-9-23-29-24(13-15-30(20,23)3)31(4)14-12-22(16-21(31)17-26(29)34)35-28-11-10-25(33)27(18-32)36-28/h17,19-20,22-29,32-34H,5-16,18H2,1-4H3/t20?,22?,23?,24?,25-,26?,27?,28?,29?,30?,31?/m0/s1. The van der Waals surface area contributed by atoms with Gasteiger partial charge in [-0.25, -0.2) is 0 Å². The summed E-state index contributed by atoms with van der Waals surface area (Å²) < 4.78 is 12.2. The minimum atomic E-state index is -0.611. The molecule has 4 fully saturated rings. The molecule has 1 saturated heterocycles. The Morgan fingerprint density at radius 1 is 1.03 bits per heavy atom. The molecule has 10 unspecified atom stereocenters. The Hall–Kier alpha value is -0.460. The molecule has 0 spiro atoms. The van der Waals surface area contributed by atoms with Gasteiger partial charge >= 0.3 is 0 Å². The van der Waals surface area contributed by atoms with Crippen molar-refractivity contribution in [1.29, 1.82) is 0 Å². The maximum absolute atomic E-state index is 11.6. The first-order valence-corrected chi connectivity index (χ1v) is 15.1. The zero-order valence-corrected chi connectivity index (χ0v) is 23.2. The second-order valence-corrected chi connectivity index (χ2v) is 14.0. The molecular weight excluding hydrogens is 452 g/mol. The summed E-state index contributed by atoms with van der Waals surface area (Å²) in [5, 5.41) is 31.1. The van der Waals surface area contributed by atoms with Crippen molar-refractivity contribution in [2.75, 3.05) is 6.61 Å². The van der Waals surface area contributed by atoms with E-state index < -0.39 is 12.2 Å². The van der Waals surface area contributed by atoms with Crippen LogP contribution in [0.5, 0.6) is 0 Å². The number of hydrogen-bond donors (Lipinski definition) is 3. The van der Waals surface area contributed by atoms with Crippen LogP contribution in [0.3, 0.4) is 0 Å². The molecule has 0 aromatic carbocycles. The average molecular weight is 505 g/mol. The van der Waals surface area contributed by atoms with Crippen molar-refractivity contribution < 1.29 is 24.8 Å². The first-order valence-electron chi connectivity index (χ1n) is 15.1. The average Bonchev–Trinajstić information content (AvgIpc) is 3.17. The molecule has 4 aliphatic carbocycles. The monoisotopic (exact) mass is 504 g/mol. The summed E-state index contributed by atoms with van der Waals surface area (Å²) in [6, 6.07) is 0. The molecule has 1 heterocycles. The minimum absolute atomic E-state index is 0.0818. The Bertz CT molecular complexity index is 796. The number of aliphatic hydroxyl groups is 3. The van der Waals surface area contributed by atoms with Gasteiger partial charge in [-0.1, -0.05) is 52.2 Å². The quantitative estimate of drug-likeness (QED) is 0.393. The van der Waals surface area contributed by atoms with E-state index in [9.17, 15) is 15.3 Å². The molecule has 0 bridgehead atoms. The van der Waals surface area contributed by atoms with Gasteiger partial charge in [-0.2, -0.15) is 0 Å². The Labute approximate surface area is 219 Å². The molecule has 0 amide bonds. The zero-order chi connectivity index (χ0) is 25.7. The highest BCUT2D eigenvalue weighted by Crippen LogP contribution is 2.67. The summed E-state index contributed by atoms with van der Waals surface area (Å²) in [7, 11) is 0. The lowest BCUT2D eigenvalue weighted by Gasteiger charge is -2.59. The molecule has 36 heavy (non-hydrogen) atoms. The fourth-order valence-electron chi connectivity index (χ4n) is 9.41. The second-order valence-electron chi connectivity index (χ2n) is 14.0. The zero-order valence-electron chi connectivity index (χ0n) is 23.2. The van der Waals surface area contributed by atoms with Gasteiger partial charge in [0.2, 0.25) is 0 Å². The van der Waals surface area contributed by atoms with E-state index in [0.29, 0.717) is 36.0 Å². The molecular formula is C31H52O5. The third kappa shape index (κ3) is 4.85. The number of hydrogen-bond acceptors (Lipinski definition) is 5. The summed E-state index contributed by atoms with van der Waals surface area (Å²) in [5.41, 5.74) is 1.96. The lowest BCUT2D eigenvalue weighted by atomic mass is 9.46. The van der Waals surface area contributed by atoms with Crippen molar-refractivity contribution in [2.45, 2.75) is 135 Å². The van der Waals surface area contributed by atoms with Gasteiger partial charge in [0.25, 0.3) is 0 Å². The van der Waals surface area contributed by atoms with Gasteiger partial charge in [-0.15, -0.1) is 0 Å². The molecule has 11 atom stereocenters. The highest BCUT2D eigenvalue weighted by Gasteiger charge is 2.60. The van der Waals surface area contributed by atoms with Gasteiger partial charge < -0.3 is 24.8 Å². The Morgan fingerprint density at radius 3 is 2.58 bits per heavy atom. The summed E-state index contributed by atoms with van der Waals surface area (Å²) in [6.07, 6.45) is 14.0. The normalized spacial score (nSPS) is 48.8. The van der Waals surface area contributed by atoms with Crippen molar-refractivity contribution in [3.63, 3.8) is 0 Å². The topological polar surface area (TPSA) is 79.2 Å². The van der Waals surface area contributed by atoms with Crippen LogP contribution in [0.4, 0.5) is 0 Å².